The molecule has 0 bridgehead atoms. The minimum absolute atomic E-state index is 0.00414. The highest BCUT2D eigenvalue weighted by Crippen LogP contribution is 2.50. The Morgan fingerprint density at radius 2 is 1.88 bits per heavy atom. The maximum Gasteiger partial charge on any atom is 0.317 e. The molecule has 3 rings (SSSR count). The molecule has 2 aliphatic rings. The van der Waals surface area contributed by atoms with E-state index in [9.17, 15) is 4.79 Å². The monoisotopic (exact) mass is 357 g/mol. The lowest BCUT2D eigenvalue weighted by molar-refractivity contribution is 0.138. The van der Waals surface area contributed by atoms with E-state index in [1.165, 1.54) is 50.0 Å². The van der Waals surface area contributed by atoms with Gasteiger partial charge in [-0.25, -0.2) is 4.79 Å². The number of hydrogen-bond acceptors (Lipinski definition) is 2. The summed E-state index contributed by atoms with van der Waals surface area (Å²) in [4.78, 5) is 16.5. The second-order valence-electron chi connectivity index (χ2n) is 9.62. The summed E-state index contributed by atoms with van der Waals surface area (Å²) in [5.74, 6) is 0. The molecule has 1 fully saturated rings. The molecule has 4 nitrogen and oxygen atoms in total. The van der Waals surface area contributed by atoms with Crippen LogP contribution >= 0.6 is 0 Å². The van der Waals surface area contributed by atoms with Gasteiger partial charge in [0.1, 0.15) is 0 Å². The fourth-order valence-corrected chi connectivity index (χ4v) is 4.47. The SMILES string of the molecule is CN(C)C(=O)N[C@H]1CC2(CCN(CCC(C)(C)C)CC2)c2ccccc21. The molecule has 1 spiro atoms. The van der Waals surface area contributed by atoms with E-state index in [1.807, 2.05) is 0 Å². The highest BCUT2D eigenvalue weighted by molar-refractivity contribution is 5.74. The molecule has 1 atom stereocenters. The second kappa shape index (κ2) is 7.22. The topological polar surface area (TPSA) is 35.6 Å². The maximum absolute atomic E-state index is 12.2. The number of benzene rings is 1. The number of nitrogens with one attached hydrogen (secondary N) is 1. The first-order chi connectivity index (χ1) is 12.2. The summed E-state index contributed by atoms with van der Waals surface area (Å²) in [6.07, 6.45) is 4.68. The summed E-state index contributed by atoms with van der Waals surface area (Å²) >= 11 is 0. The Balaban J connectivity index is 1.70. The van der Waals surface area contributed by atoms with Crippen molar-refractivity contribution in [1.29, 1.82) is 0 Å². The van der Waals surface area contributed by atoms with E-state index in [2.05, 4.69) is 55.3 Å². The van der Waals surface area contributed by atoms with Crippen LogP contribution in [0.1, 0.15) is 63.6 Å². The normalized spacial score (nSPS) is 22.3. The minimum Gasteiger partial charge on any atom is -0.331 e. The number of carbonyl (C=O) groups is 1. The molecule has 0 saturated carbocycles. The standard InChI is InChI=1S/C22H35N3O/c1-21(2,3)10-13-25-14-11-22(12-15-25)16-19(23-20(26)24(4)5)17-8-6-7-9-18(17)22/h6-9,19H,10-16H2,1-5H3,(H,23,26)/t19-/m0/s1. The summed E-state index contributed by atoms with van der Waals surface area (Å²) in [6.45, 7) is 10.5. The maximum atomic E-state index is 12.2. The summed E-state index contributed by atoms with van der Waals surface area (Å²) in [7, 11) is 3.61. The summed E-state index contributed by atoms with van der Waals surface area (Å²) in [5.41, 5.74) is 3.43. The molecule has 1 aliphatic heterocycles. The highest BCUT2D eigenvalue weighted by atomic mass is 16.2. The Hall–Kier alpha value is -1.55. The van der Waals surface area contributed by atoms with Crippen LogP contribution in [0.25, 0.3) is 0 Å². The van der Waals surface area contributed by atoms with Crippen LogP contribution in [-0.4, -0.2) is 49.6 Å². The molecule has 4 heteroatoms. The number of rotatable bonds is 3. The molecule has 2 amide bonds. The zero-order valence-corrected chi connectivity index (χ0v) is 17.1. The number of carbonyl (C=O) groups excluding carboxylic acids is 1. The van der Waals surface area contributed by atoms with Gasteiger partial charge in [-0.1, -0.05) is 45.0 Å². The van der Waals surface area contributed by atoms with Gasteiger partial charge in [-0.15, -0.1) is 0 Å². The molecule has 26 heavy (non-hydrogen) atoms. The first kappa shape index (κ1) is 19.2. The van der Waals surface area contributed by atoms with E-state index in [0.29, 0.717) is 5.41 Å². The predicted octanol–water partition coefficient (Wildman–Crippen LogP) is 4.17. The van der Waals surface area contributed by atoms with Gasteiger partial charge in [-0.2, -0.15) is 0 Å². The number of fused-ring (bicyclic) bond motifs is 2. The third-order valence-electron chi connectivity index (χ3n) is 6.20. The van der Waals surface area contributed by atoms with Crippen molar-refractivity contribution in [1.82, 2.24) is 15.1 Å². The Bertz CT molecular complexity index is 639. The largest absolute Gasteiger partial charge is 0.331 e. The molecule has 0 unspecified atom stereocenters. The zero-order chi connectivity index (χ0) is 18.9. The van der Waals surface area contributed by atoms with E-state index in [0.717, 1.165) is 6.42 Å². The van der Waals surface area contributed by atoms with Crippen LogP contribution in [0, 0.1) is 5.41 Å². The predicted molar refractivity (Wildman–Crippen MR) is 107 cm³/mol. The first-order valence-corrected chi connectivity index (χ1v) is 10.00. The van der Waals surface area contributed by atoms with Crippen molar-refractivity contribution in [3.63, 3.8) is 0 Å². The highest BCUT2D eigenvalue weighted by Gasteiger charge is 2.45. The van der Waals surface area contributed by atoms with Gasteiger partial charge in [-0.05, 0) is 61.9 Å². The number of piperidine rings is 1. The Morgan fingerprint density at radius 1 is 1.23 bits per heavy atom. The third kappa shape index (κ3) is 4.06. The number of hydrogen-bond donors (Lipinski definition) is 1. The van der Waals surface area contributed by atoms with Crippen molar-refractivity contribution in [2.75, 3.05) is 33.7 Å². The van der Waals surface area contributed by atoms with E-state index in [1.54, 1.807) is 19.0 Å². The van der Waals surface area contributed by atoms with Crippen LogP contribution in [0.4, 0.5) is 4.79 Å². The van der Waals surface area contributed by atoms with Crippen molar-refractivity contribution in [2.24, 2.45) is 5.41 Å². The van der Waals surface area contributed by atoms with E-state index < -0.39 is 0 Å². The van der Waals surface area contributed by atoms with Crippen LogP contribution in [0.2, 0.25) is 0 Å². The van der Waals surface area contributed by atoms with Gasteiger partial charge >= 0.3 is 6.03 Å². The van der Waals surface area contributed by atoms with Gasteiger partial charge in [-0.3, -0.25) is 0 Å². The van der Waals surface area contributed by atoms with E-state index >= 15 is 0 Å². The molecular weight excluding hydrogens is 322 g/mol. The number of amides is 2. The molecular formula is C22H35N3O. The first-order valence-electron chi connectivity index (χ1n) is 10.00. The van der Waals surface area contributed by atoms with Gasteiger partial charge in [0.25, 0.3) is 0 Å². The molecule has 1 aliphatic carbocycles. The van der Waals surface area contributed by atoms with Crippen LogP contribution in [0.15, 0.2) is 24.3 Å². The van der Waals surface area contributed by atoms with E-state index in [4.69, 9.17) is 0 Å². The smallest absolute Gasteiger partial charge is 0.317 e. The summed E-state index contributed by atoms with van der Waals surface area (Å²) < 4.78 is 0. The number of urea groups is 1. The van der Waals surface area contributed by atoms with E-state index in [-0.39, 0.29) is 17.5 Å². The minimum atomic E-state index is 0.00414. The van der Waals surface area contributed by atoms with Gasteiger partial charge in [0.05, 0.1) is 6.04 Å². The quantitative estimate of drug-likeness (QED) is 0.881. The number of nitrogens with zero attached hydrogens (tertiary/aromatic N) is 2. The Kier molecular flexibility index (Phi) is 5.34. The summed E-state index contributed by atoms with van der Waals surface area (Å²) in [5, 5.41) is 3.24. The lowest BCUT2D eigenvalue weighted by Crippen LogP contribution is -2.43. The van der Waals surface area contributed by atoms with Crippen LogP contribution in [0.3, 0.4) is 0 Å². The Morgan fingerprint density at radius 3 is 2.50 bits per heavy atom. The molecule has 1 aromatic carbocycles. The molecule has 0 aromatic heterocycles. The fourth-order valence-electron chi connectivity index (χ4n) is 4.47. The van der Waals surface area contributed by atoms with Gasteiger partial charge in [0.15, 0.2) is 0 Å². The Labute approximate surface area is 158 Å². The third-order valence-corrected chi connectivity index (χ3v) is 6.20. The van der Waals surface area contributed by atoms with Crippen molar-refractivity contribution >= 4 is 6.03 Å². The van der Waals surface area contributed by atoms with Gasteiger partial charge < -0.3 is 15.1 Å². The van der Waals surface area contributed by atoms with Gasteiger partial charge in [0.2, 0.25) is 0 Å². The molecule has 1 saturated heterocycles. The lowest BCUT2D eigenvalue weighted by atomic mass is 9.73. The van der Waals surface area contributed by atoms with Crippen LogP contribution in [0.5, 0.6) is 0 Å². The average molecular weight is 358 g/mol. The molecule has 1 N–H and O–H groups in total. The fraction of sp³-hybridized carbons (Fsp3) is 0.682. The van der Waals surface area contributed by atoms with Crippen molar-refractivity contribution in [3.05, 3.63) is 35.4 Å². The molecule has 0 radical (unpaired) electrons. The average Bonchev–Trinajstić information content (AvgIpc) is 2.88. The molecule has 144 valence electrons. The second-order valence-corrected chi connectivity index (χ2v) is 9.62. The van der Waals surface area contributed by atoms with Gasteiger partial charge in [0, 0.05) is 19.5 Å². The van der Waals surface area contributed by atoms with Crippen molar-refractivity contribution < 1.29 is 4.79 Å². The molecule has 1 aromatic rings. The lowest BCUT2D eigenvalue weighted by Gasteiger charge is -2.41. The molecule has 1 heterocycles. The number of likely N-dealkylation sites (tertiary alicyclic amines) is 1. The van der Waals surface area contributed by atoms with Crippen molar-refractivity contribution in [3.8, 4) is 0 Å². The zero-order valence-electron chi connectivity index (χ0n) is 17.1. The van der Waals surface area contributed by atoms with Crippen LogP contribution < -0.4 is 5.32 Å². The summed E-state index contributed by atoms with van der Waals surface area (Å²) in [6, 6.07) is 8.90. The van der Waals surface area contributed by atoms with Crippen molar-refractivity contribution in [2.45, 2.75) is 57.9 Å². The van der Waals surface area contributed by atoms with Crippen LogP contribution in [-0.2, 0) is 5.41 Å².